The normalized spacial score (nSPS) is 29.2. The maximum Gasteiger partial charge on any atom is 0.229 e. The maximum atomic E-state index is 11.2. The predicted octanol–water partition coefficient (Wildman–Crippen LogP) is 3.56. The van der Waals surface area contributed by atoms with Crippen molar-refractivity contribution < 1.29 is 33.9 Å². The van der Waals surface area contributed by atoms with Crippen LogP contribution in [0.5, 0.6) is 11.5 Å². The van der Waals surface area contributed by atoms with E-state index < -0.39 is 37.0 Å². The number of ether oxygens (including phenoxy) is 5. The number of aliphatic hydroxyl groups is 1. The first-order valence-corrected chi connectivity index (χ1v) is 10.9. The Bertz CT molecular complexity index is 1010. The first kappa shape index (κ1) is 21.9. The van der Waals surface area contributed by atoms with Crippen LogP contribution in [-0.2, 0) is 25.6 Å². The molecular weight excluding hydrogens is 424 g/mol. The summed E-state index contributed by atoms with van der Waals surface area (Å²) in [6, 6.07) is 25.6. The van der Waals surface area contributed by atoms with Crippen molar-refractivity contribution in [3.63, 3.8) is 0 Å². The zero-order valence-corrected chi connectivity index (χ0v) is 17.9. The van der Waals surface area contributed by atoms with Crippen LogP contribution in [0.25, 0.3) is 0 Å². The van der Waals surface area contributed by atoms with Gasteiger partial charge >= 0.3 is 0 Å². The van der Waals surface area contributed by atoms with Crippen molar-refractivity contribution >= 4 is 0 Å². The van der Waals surface area contributed by atoms with Gasteiger partial charge in [0.05, 0.1) is 13.2 Å². The zero-order valence-electron chi connectivity index (χ0n) is 17.9. The molecule has 1 unspecified atom stereocenters. The number of rotatable bonds is 6. The average molecular weight is 450 g/mol. The maximum absolute atomic E-state index is 11.2. The van der Waals surface area contributed by atoms with Gasteiger partial charge in [-0.15, -0.1) is 0 Å². The lowest BCUT2D eigenvalue weighted by molar-refractivity contribution is -0.356. The minimum atomic E-state index is -1.11. The third kappa shape index (κ3) is 5.03. The third-order valence-corrected chi connectivity index (χ3v) is 5.75. The zero-order chi connectivity index (χ0) is 22.6. The molecule has 2 aliphatic heterocycles. The highest BCUT2D eigenvalue weighted by atomic mass is 16.8. The van der Waals surface area contributed by atoms with Gasteiger partial charge in [-0.1, -0.05) is 60.7 Å². The molecule has 0 radical (unpaired) electrons. The van der Waals surface area contributed by atoms with Crippen LogP contribution >= 0.6 is 0 Å². The summed E-state index contributed by atoms with van der Waals surface area (Å²) in [7, 11) is 0. The highest BCUT2D eigenvalue weighted by molar-refractivity contribution is 5.30. The van der Waals surface area contributed by atoms with E-state index in [1.807, 2.05) is 60.7 Å². The molecular formula is C26H26O7. The van der Waals surface area contributed by atoms with E-state index in [2.05, 4.69) is 0 Å². The molecule has 0 bridgehead atoms. The van der Waals surface area contributed by atoms with Crippen LogP contribution in [0.1, 0.15) is 17.4 Å². The van der Waals surface area contributed by atoms with Crippen LogP contribution in [0.15, 0.2) is 84.9 Å². The van der Waals surface area contributed by atoms with Crippen molar-refractivity contribution in [2.24, 2.45) is 0 Å². The van der Waals surface area contributed by atoms with E-state index >= 15 is 0 Å². The number of hydrogen-bond donors (Lipinski definition) is 2. The molecule has 6 atom stereocenters. The van der Waals surface area contributed by atoms with Crippen molar-refractivity contribution in [1.82, 2.24) is 0 Å². The van der Waals surface area contributed by atoms with Crippen LogP contribution < -0.4 is 4.74 Å². The standard InChI is InChI=1S/C26H26O7/c27-19-11-13-20(14-12-19)31-26-22(28)24(29-15-17-7-3-1-4-8-17)23-21(32-26)16-30-25(33-23)18-9-5-2-6-10-18/h1-14,21-28H,15-16H2/t21-,22-,23-,24-,25?,26-/m1/s1. The summed E-state index contributed by atoms with van der Waals surface area (Å²) in [4.78, 5) is 0. The topological polar surface area (TPSA) is 86.6 Å². The fourth-order valence-electron chi connectivity index (χ4n) is 4.06. The Hall–Kier alpha value is -2.94. The molecule has 2 heterocycles. The number of fused-ring (bicyclic) bond motifs is 1. The highest BCUT2D eigenvalue weighted by Gasteiger charge is 2.51. The van der Waals surface area contributed by atoms with E-state index in [0.717, 1.165) is 11.1 Å². The van der Waals surface area contributed by atoms with Gasteiger partial charge < -0.3 is 33.9 Å². The molecule has 33 heavy (non-hydrogen) atoms. The minimum absolute atomic E-state index is 0.123. The monoisotopic (exact) mass is 450 g/mol. The van der Waals surface area contributed by atoms with E-state index in [4.69, 9.17) is 23.7 Å². The molecule has 7 heteroatoms. The molecule has 0 amide bonds. The average Bonchev–Trinajstić information content (AvgIpc) is 2.86. The summed E-state index contributed by atoms with van der Waals surface area (Å²) >= 11 is 0. The van der Waals surface area contributed by atoms with E-state index in [9.17, 15) is 10.2 Å². The Morgan fingerprint density at radius 1 is 0.848 bits per heavy atom. The number of aromatic hydroxyl groups is 1. The summed E-state index contributed by atoms with van der Waals surface area (Å²) in [5.74, 6) is 0.578. The Labute approximate surface area is 192 Å². The summed E-state index contributed by atoms with van der Waals surface area (Å²) < 4.78 is 30.3. The number of phenols is 1. The molecule has 0 spiro atoms. The molecule has 0 aromatic heterocycles. The van der Waals surface area contributed by atoms with Gasteiger partial charge in [0.25, 0.3) is 0 Å². The van der Waals surface area contributed by atoms with Crippen molar-refractivity contribution in [1.29, 1.82) is 0 Å². The van der Waals surface area contributed by atoms with Gasteiger partial charge in [-0.05, 0) is 29.8 Å². The number of phenolic OH excluding ortho intramolecular Hbond substituents is 1. The molecule has 0 saturated carbocycles. The summed E-state index contributed by atoms with van der Waals surface area (Å²) in [6.07, 6.45) is -4.43. The molecule has 2 aliphatic rings. The second kappa shape index (κ2) is 9.91. The summed E-state index contributed by atoms with van der Waals surface area (Å²) in [5, 5.41) is 20.7. The second-order valence-corrected chi connectivity index (χ2v) is 8.08. The van der Waals surface area contributed by atoms with Crippen molar-refractivity contribution in [2.45, 2.75) is 43.6 Å². The van der Waals surface area contributed by atoms with E-state index in [1.165, 1.54) is 12.1 Å². The Morgan fingerprint density at radius 2 is 1.55 bits per heavy atom. The van der Waals surface area contributed by atoms with E-state index in [0.29, 0.717) is 12.4 Å². The van der Waals surface area contributed by atoms with Gasteiger partial charge in [0.15, 0.2) is 6.29 Å². The molecule has 5 rings (SSSR count). The first-order valence-electron chi connectivity index (χ1n) is 10.9. The van der Waals surface area contributed by atoms with Gasteiger partial charge in [-0.3, -0.25) is 0 Å². The van der Waals surface area contributed by atoms with Crippen molar-refractivity contribution in [3.05, 3.63) is 96.1 Å². The van der Waals surface area contributed by atoms with E-state index in [-0.39, 0.29) is 12.4 Å². The Balaban J connectivity index is 1.36. The lowest BCUT2D eigenvalue weighted by Crippen LogP contribution is -2.63. The van der Waals surface area contributed by atoms with Crippen molar-refractivity contribution in [2.75, 3.05) is 6.61 Å². The Kier molecular flexibility index (Phi) is 6.57. The molecule has 2 fully saturated rings. The fourth-order valence-corrected chi connectivity index (χ4v) is 4.06. The minimum Gasteiger partial charge on any atom is -0.508 e. The van der Waals surface area contributed by atoms with Gasteiger partial charge in [0, 0.05) is 5.56 Å². The van der Waals surface area contributed by atoms with Crippen LogP contribution in [0.3, 0.4) is 0 Å². The first-order chi connectivity index (χ1) is 16.2. The van der Waals surface area contributed by atoms with Crippen LogP contribution in [0.2, 0.25) is 0 Å². The fraction of sp³-hybridized carbons (Fsp3) is 0.308. The molecule has 7 nitrogen and oxygen atoms in total. The third-order valence-electron chi connectivity index (χ3n) is 5.75. The SMILES string of the molecule is Oc1ccc(O[C@@H]2O[C@@H]3COC(c4ccccc4)O[C@H]3[C@H](OCc3ccccc3)[C@H]2O)cc1. The van der Waals surface area contributed by atoms with Gasteiger partial charge in [-0.2, -0.15) is 0 Å². The smallest absolute Gasteiger partial charge is 0.229 e. The molecule has 3 aromatic rings. The molecule has 2 N–H and O–H groups in total. The summed E-state index contributed by atoms with van der Waals surface area (Å²) in [6.45, 7) is 0.565. The lowest BCUT2D eigenvalue weighted by atomic mass is 9.97. The predicted molar refractivity (Wildman–Crippen MR) is 118 cm³/mol. The highest BCUT2D eigenvalue weighted by Crippen LogP contribution is 2.36. The van der Waals surface area contributed by atoms with Crippen LogP contribution in [0.4, 0.5) is 0 Å². The largest absolute Gasteiger partial charge is 0.508 e. The quantitative estimate of drug-likeness (QED) is 0.594. The second-order valence-electron chi connectivity index (χ2n) is 8.08. The lowest BCUT2D eigenvalue weighted by Gasteiger charge is -2.47. The number of hydrogen-bond acceptors (Lipinski definition) is 7. The van der Waals surface area contributed by atoms with Gasteiger partial charge in [0.1, 0.15) is 35.9 Å². The molecule has 3 aromatic carbocycles. The van der Waals surface area contributed by atoms with Crippen LogP contribution in [0, 0.1) is 0 Å². The number of aliphatic hydroxyl groups excluding tert-OH is 1. The molecule has 2 saturated heterocycles. The molecule has 0 aliphatic carbocycles. The Morgan fingerprint density at radius 3 is 2.27 bits per heavy atom. The van der Waals surface area contributed by atoms with Crippen LogP contribution in [-0.4, -0.2) is 47.5 Å². The van der Waals surface area contributed by atoms with Crippen molar-refractivity contribution in [3.8, 4) is 11.5 Å². The van der Waals surface area contributed by atoms with E-state index in [1.54, 1.807) is 12.1 Å². The van der Waals surface area contributed by atoms with Gasteiger partial charge in [-0.25, -0.2) is 0 Å². The molecule has 172 valence electrons. The summed E-state index contributed by atoms with van der Waals surface area (Å²) in [5.41, 5.74) is 1.87. The number of benzene rings is 3. The van der Waals surface area contributed by atoms with Gasteiger partial charge in [0.2, 0.25) is 6.29 Å².